The summed E-state index contributed by atoms with van der Waals surface area (Å²) in [5, 5.41) is 3.46. The largest absolute Gasteiger partial charge is 0.496 e. The van der Waals surface area contributed by atoms with Gasteiger partial charge in [-0.1, -0.05) is 24.3 Å². The van der Waals surface area contributed by atoms with Gasteiger partial charge in [-0.15, -0.1) is 0 Å². The number of hydrogen-bond donors (Lipinski definition) is 2. The maximum Gasteiger partial charge on any atom is 0.142 e. The van der Waals surface area contributed by atoms with Gasteiger partial charge in [-0.05, 0) is 50.1 Å². The van der Waals surface area contributed by atoms with Crippen molar-refractivity contribution in [2.24, 2.45) is 0 Å². The monoisotopic (exact) mass is 314 g/mol. The zero-order valence-corrected chi connectivity index (χ0v) is 14.0. The molecular formula is C19H26N2O2. The van der Waals surface area contributed by atoms with Crippen molar-refractivity contribution in [1.82, 2.24) is 5.32 Å². The molecule has 0 amide bonds. The molecule has 2 aromatic carbocycles. The molecule has 0 fully saturated rings. The Morgan fingerprint density at radius 2 is 1.91 bits per heavy atom. The van der Waals surface area contributed by atoms with Crippen LogP contribution in [0.25, 0.3) is 0 Å². The molecule has 0 radical (unpaired) electrons. The Kier molecular flexibility index (Phi) is 6.76. The Morgan fingerprint density at radius 3 is 2.65 bits per heavy atom. The van der Waals surface area contributed by atoms with Gasteiger partial charge in [-0.2, -0.15) is 0 Å². The zero-order chi connectivity index (χ0) is 16.5. The van der Waals surface area contributed by atoms with Gasteiger partial charge in [0.15, 0.2) is 0 Å². The molecule has 3 N–H and O–H groups in total. The highest BCUT2D eigenvalue weighted by Gasteiger charge is 2.03. The molecule has 4 nitrogen and oxygen atoms in total. The minimum atomic E-state index is 0.635. The van der Waals surface area contributed by atoms with Crippen molar-refractivity contribution in [1.29, 1.82) is 0 Å². The fourth-order valence-corrected chi connectivity index (χ4v) is 2.53. The van der Waals surface area contributed by atoms with Crippen LogP contribution in [0.1, 0.15) is 24.5 Å². The van der Waals surface area contributed by atoms with Crippen LogP contribution in [0.15, 0.2) is 42.5 Å². The SMILES string of the molecule is CCOc1ccc(CCCNCc2ccccc2OC)cc1N. The highest BCUT2D eigenvalue weighted by atomic mass is 16.5. The van der Waals surface area contributed by atoms with E-state index in [0.29, 0.717) is 12.3 Å². The van der Waals surface area contributed by atoms with Crippen LogP contribution in [0, 0.1) is 0 Å². The second-order valence-corrected chi connectivity index (χ2v) is 5.40. The lowest BCUT2D eigenvalue weighted by Crippen LogP contribution is -2.15. The maximum absolute atomic E-state index is 5.99. The van der Waals surface area contributed by atoms with Crippen molar-refractivity contribution in [3.8, 4) is 11.5 Å². The Balaban J connectivity index is 1.74. The van der Waals surface area contributed by atoms with Gasteiger partial charge in [-0.3, -0.25) is 0 Å². The van der Waals surface area contributed by atoms with Gasteiger partial charge in [0.25, 0.3) is 0 Å². The Bertz CT molecular complexity index is 614. The number of anilines is 1. The molecule has 0 bridgehead atoms. The predicted molar refractivity (Wildman–Crippen MR) is 95.0 cm³/mol. The number of para-hydroxylation sites is 1. The Hall–Kier alpha value is -2.20. The van der Waals surface area contributed by atoms with Crippen LogP contribution in [0.2, 0.25) is 0 Å². The van der Waals surface area contributed by atoms with Crippen molar-refractivity contribution < 1.29 is 9.47 Å². The number of rotatable bonds is 9. The van der Waals surface area contributed by atoms with E-state index in [2.05, 4.69) is 17.4 Å². The first kappa shape index (κ1) is 17.2. The normalized spacial score (nSPS) is 10.5. The summed E-state index contributed by atoms with van der Waals surface area (Å²) in [6.07, 6.45) is 2.05. The van der Waals surface area contributed by atoms with E-state index in [1.165, 1.54) is 11.1 Å². The molecule has 0 spiro atoms. The third-order valence-corrected chi connectivity index (χ3v) is 3.70. The van der Waals surface area contributed by atoms with Gasteiger partial charge in [0, 0.05) is 12.1 Å². The summed E-state index contributed by atoms with van der Waals surface area (Å²) in [4.78, 5) is 0. The van der Waals surface area contributed by atoms with Crippen LogP contribution in [0.5, 0.6) is 11.5 Å². The average molecular weight is 314 g/mol. The summed E-state index contributed by atoms with van der Waals surface area (Å²) in [7, 11) is 1.70. The summed E-state index contributed by atoms with van der Waals surface area (Å²) in [6, 6.07) is 14.1. The number of benzene rings is 2. The minimum absolute atomic E-state index is 0.635. The lowest BCUT2D eigenvalue weighted by atomic mass is 10.1. The number of nitrogen functional groups attached to an aromatic ring is 1. The van der Waals surface area contributed by atoms with E-state index in [1.54, 1.807) is 7.11 Å². The molecule has 23 heavy (non-hydrogen) atoms. The molecule has 4 heteroatoms. The average Bonchev–Trinajstić information content (AvgIpc) is 2.57. The van der Waals surface area contributed by atoms with Crippen molar-refractivity contribution in [3.05, 3.63) is 53.6 Å². The Labute approximate surface area is 138 Å². The first-order valence-corrected chi connectivity index (χ1v) is 8.08. The van der Waals surface area contributed by atoms with Gasteiger partial charge in [0.05, 0.1) is 19.4 Å². The van der Waals surface area contributed by atoms with E-state index >= 15 is 0 Å². The predicted octanol–water partition coefficient (Wildman–Crippen LogP) is 3.40. The highest BCUT2D eigenvalue weighted by molar-refractivity contribution is 5.54. The van der Waals surface area contributed by atoms with Gasteiger partial charge in [0.2, 0.25) is 0 Å². The van der Waals surface area contributed by atoms with E-state index in [4.69, 9.17) is 15.2 Å². The Morgan fingerprint density at radius 1 is 1.09 bits per heavy atom. The van der Waals surface area contributed by atoms with Gasteiger partial charge in [0.1, 0.15) is 11.5 Å². The fourth-order valence-electron chi connectivity index (χ4n) is 2.53. The molecule has 2 rings (SSSR count). The molecule has 0 aliphatic rings. The standard InChI is InChI=1S/C19H26N2O2/c1-3-23-19-11-10-15(13-17(19)20)7-6-12-21-14-16-8-4-5-9-18(16)22-2/h4-5,8-11,13,21H,3,6-7,12,14,20H2,1-2H3. The molecule has 0 saturated carbocycles. The topological polar surface area (TPSA) is 56.5 Å². The van der Waals surface area contributed by atoms with Crippen LogP contribution in [0.3, 0.4) is 0 Å². The molecule has 0 unspecified atom stereocenters. The lowest BCUT2D eigenvalue weighted by molar-refractivity contribution is 0.342. The smallest absolute Gasteiger partial charge is 0.142 e. The summed E-state index contributed by atoms with van der Waals surface area (Å²) in [6.45, 7) is 4.36. The summed E-state index contributed by atoms with van der Waals surface area (Å²) in [5.41, 5.74) is 9.13. The van der Waals surface area contributed by atoms with Crippen molar-refractivity contribution in [2.75, 3.05) is 26.0 Å². The molecule has 0 heterocycles. The molecule has 0 atom stereocenters. The van der Waals surface area contributed by atoms with Gasteiger partial charge in [-0.25, -0.2) is 0 Å². The van der Waals surface area contributed by atoms with Gasteiger partial charge < -0.3 is 20.5 Å². The van der Waals surface area contributed by atoms with Crippen molar-refractivity contribution >= 4 is 5.69 Å². The quantitative estimate of drug-likeness (QED) is 0.550. The van der Waals surface area contributed by atoms with E-state index in [1.807, 2.05) is 37.3 Å². The third-order valence-electron chi connectivity index (χ3n) is 3.70. The summed E-state index contributed by atoms with van der Waals surface area (Å²) >= 11 is 0. The van der Waals surface area contributed by atoms with E-state index < -0.39 is 0 Å². The number of ether oxygens (including phenoxy) is 2. The number of hydrogen-bond acceptors (Lipinski definition) is 4. The fraction of sp³-hybridized carbons (Fsp3) is 0.368. The second-order valence-electron chi connectivity index (χ2n) is 5.40. The number of nitrogens with one attached hydrogen (secondary N) is 1. The number of aryl methyl sites for hydroxylation is 1. The van der Waals surface area contributed by atoms with Crippen LogP contribution in [-0.4, -0.2) is 20.3 Å². The number of nitrogens with two attached hydrogens (primary N) is 1. The molecule has 0 saturated heterocycles. The third kappa shape index (κ3) is 5.18. The minimum Gasteiger partial charge on any atom is -0.496 e. The number of methoxy groups -OCH3 is 1. The lowest BCUT2D eigenvalue weighted by Gasteiger charge is -2.10. The van der Waals surface area contributed by atoms with E-state index in [-0.39, 0.29) is 0 Å². The molecule has 2 aromatic rings. The molecule has 0 aromatic heterocycles. The van der Waals surface area contributed by atoms with Gasteiger partial charge >= 0.3 is 0 Å². The molecule has 0 aliphatic carbocycles. The van der Waals surface area contributed by atoms with Crippen LogP contribution >= 0.6 is 0 Å². The highest BCUT2D eigenvalue weighted by Crippen LogP contribution is 2.23. The van der Waals surface area contributed by atoms with Crippen LogP contribution in [0.4, 0.5) is 5.69 Å². The van der Waals surface area contributed by atoms with E-state index in [0.717, 1.165) is 37.4 Å². The molecule has 124 valence electrons. The summed E-state index contributed by atoms with van der Waals surface area (Å²) < 4.78 is 10.8. The zero-order valence-electron chi connectivity index (χ0n) is 14.0. The molecular weight excluding hydrogens is 288 g/mol. The van der Waals surface area contributed by atoms with Crippen LogP contribution < -0.4 is 20.5 Å². The van der Waals surface area contributed by atoms with Crippen LogP contribution in [-0.2, 0) is 13.0 Å². The second kappa shape index (κ2) is 9.06. The first-order chi connectivity index (χ1) is 11.2. The molecule has 0 aliphatic heterocycles. The van der Waals surface area contributed by atoms with Crippen molar-refractivity contribution in [2.45, 2.75) is 26.3 Å². The van der Waals surface area contributed by atoms with Crippen molar-refractivity contribution in [3.63, 3.8) is 0 Å². The summed E-state index contributed by atoms with van der Waals surface area (Å²) in [5.74, 6) is 1.70. The first-order valence-electron chi connectivity index (χ1n) is 8.08. The maximum atomic E-state index is 5.99. The van der Waals surface area contributed by atoms with E-state index in [9.17, 15) is 0 Å².